The maximum atomic E-state index is 14.6. The van der Waals surface area contributed by atoms with Crippen LogP contribution in [-0.2, 0) is 4.79 Å². The molecule has 0 spiro atoms. The molecule has 206 valence electrons. The van der Waals surface area contributed by atoms with E-state index >= 15 is 0 Å². The molecule has 2 rings (SSSR count). The van der Waals surface area contributed by atoms with E-state index < -0.39 is 42.3 Å². The maximum Gasteiger partial charge on any atom is 0.407 e. The molecule has 0 aliphatic carbocycles. The highest BCUT2D eigenvalue weighted by Gasteiger charge is 2.44. The fourth-order valence-electron chi connectivity index (χ4n) is 3.61. The SMILES string of the molecule is CC[C@@H](CNc1ccc(OC)nc1OC)NC(=O)[C@H](CC(C)(C)F)N[C@@H](c1ccc(Br)cc1)C(F)(F)F. The summed E-state index contributed by atoms with van der Waals surface area (Å²) in [5, 5.41) is 8.23. The van der Waals surface area contributed by atoms with Gasteiger partial charge in [0, 0.05) is 29.5 Å². The van der Waals surface area contributed by atoms with Gasteiger partial charge in [0.25, 0.3) is 0 Å². The summed E-state index contributed by atoms with van der Waals surface area (Å²) in [6.07, 6.45) is -4.70. The second-order valence-electron chi connectivity index (χ2n) is 9.07. The average molecular weight is 593 g/mol. The van der Waals surface area contributed by atoms with Crippen molar-refractivity contribution in [3.63, 3.8) is 0 Å². The third kappa shape index (κ3) is 9.66. The molecule has 3 atom stereocenters. The predicted molar refractivity (Wildman–Crippen MR) is 138 cm³/mol. The van der Waals surface area contributed by atoms with E-state index in [0.29, 0.717) is 22.5 Å². The summed E-state index contributed by atoms with van der Waals surface area (Å²) in [7, 11) is 2.92. The highest BCUT2D eigenvalue weighted by molar-refractivity contribution is 9.10. The van der Waals surface area contributed by atoms with Gasteiger partial charge < -0.3 is 20.1 Å². The molecule has 1 heterocycles. The van der Waals surface area contributed by atoms with Gasteiger partial charge >= 0.3 is 6.18 Å². The van der Waals surface area contributed by atoms with E-state index in [4.69, 9.17) is 9.47 Å². The van der Waals surface area contributed by atoms with E-state index in [9.17, 15) is 22.4 Å². The molecule has 1 aromatic heterocycles. The number of carbonyl (C=O) groups excluding carboxylic acids is 1. The van der Waals surface area contributed by atoms with E-state index in [1.807, 2.05) is 6.92 Å². The monoisotopic (exact) mass is 592 g/mol. The molecule has 0 aliphatic rings. The van der Waals surface area contributed by atoms with Crippen LogP contribution in [0.5, 0.6) is 11.8 Å². The van der Waals surface area contributed by atoms with Crippen molar-refractivity contribution in [2.24, 2.45) is 0 Å². The largest absolute Gasteiger partial charge is 0.481 e. The number of methoxy groups -OCH3 is 2. The molecule has 0 unspecified atom stereocenters. The Morgan fingerprint density at radius 1 is 1.05 bits per heavy atom. The van der Waals surface area contributed by atoms with Gasteiger partial charge in [0.15, 0.2) is 0 Å². The molecule has 1 aromatic carbocycles. The van der Waals surface area contributed by atoms with E-state index in [-0.39, 0.29) is 18.0 Å². The lowest BCUT2D eigenvalue weighted by Gasteiger charge is -2.31. The summed E-state index contributed by atoms with van der Waals surface area (Å²) in [5.74, 6) is -0.0946. The number of hydrogen-bond acceptors (Lipinski definition) is 6. The molecule has 1 amide bonds. The van der Waals surface area contributed by atoms with Gasteiger partial charge in [-0.25, -0.2) is 4.39 Å². The molecule has 0 saturated heterocycles. The lowest BCUT2D eigenvalue weighted by atomic mass is 9.97. The van der Waals surface area contributed by atoms with Crippen LogP contribution >= 0.6 is 15.9 Å². The Labute approximate surface area is 222 Å². The Bertz CT molecular complexity index is 1020. The van der Waals surface area contributed by atoms with Crippen molar-refractivity contribution in [2.75, 3.05) is 26.1 Å². The molecule has 7 nitrogen and oxygen atoms in total. The zero-order chi connectivity index (χ0) is 27.8. The molecular weight excluding hydrogens is 560 g/mol. The first-order valence-corrected chi connectivity index (χ1v) is 12.5. The minimum Gasteiger partial charge on any atom is -0.481 e. The zero-order valence-electron chi connectivity index (χ0n) is 21.4. The first-order chi connectivity index (χ1) is 17.3. The topological polar surface area (TPSA) is 84.5 Å². The number of carbonyl (C=O) groups is 1. The summed E-state index contributed by atoms with van der Waals surface area (Å²) in [5.41, 5.74) is -1.44. The van der Waals surface area contributed by atoms with Crippen molar-refractivity contribution in [1.82, 2.24) is 15.6 Å². The normalized spacial score (nSPS) is 14.4. The lowest BCUT2D eigenvalue weighted by Crippen LogP contribution is -2.53. The molecule has 37 heavy (non-hydrogen) atoms. The Balaban J connectivity index is 2.20. The molecule has 2 aromatic rings. The van der Waals surface area contributed by atoms with Gasteiger partial charge in [0.1, 0.15) is 11.7 Å². The number of rotatable bonds is 13. The average Bonchev–Trinajstić information content (AvgIpc) is 2.83. The van der Waals surface area contributed by atoms with Crippen molar-refractivity contribution in [3.8, 4) is 11.8 Å². The van der Waals surface area contributed by atoms with Gasteiger partial charge in [-0.1, -0.05) is 35.0 Å². The highest BCUT2D eigenvalue weighted by Crippen LogP contribution is 2.34. The molecule has 3 N–H and O–H groups in total. The molecule has 0 aliphatic heterocycles. The number of pyridine rings is 1. The number of nitrogens with zero attached hydrogens (tertiary/aromatic N) is 1. The van der Waals surface area contributed by atoms with Crippen LogP contribution in [0.4, 0.5) is 23.2 Å². The van der Waals surface area contributed by atoms with Gasteiger partial charge in [-0.05, 0) is 44.0 Å². The fourth-order valence-corrected chi connectivity index (χ4v) is 3.87. The van der Waals surface area contributed by atoms with Crippen LogP contribution in [0, 0.1) is 0 Å². The van der Waals surface area contributed by atoms with Crippen molar-refractivity contribution < 1.29 is 31.8 Å². The van der Waals surface area contributed by atoms with Crippen LogP contribution in [0.1, 0.15) is 45.2 Å². The van der Waals surface area contributed by atoms with Crippen LogP contribution in [-0.4, -0.2) is 55.6 Å². The number of halogens is 5. The van der Waals surface area contributed by atoms with Crippen molar-refractivity contribution in [3.05, 3.63) is 46.4 Å². The van der Waals surface area contributed by atoms with Crippen LogP contribution in [0.25, 0.3) is 0 Å². The molecule has 12 heteroatoms. The lowest BCUT2D eigenvalue weighted by molar-refractivity contribution is -0.161. The fraction of sp³-hybridized carbons (Fsp3) is 0.520. The molecule has 0 fully saturated rings. The summed E-state index contributed by atoms with van der Waals surface area (Å²) in [6, 6.07) is 4.82. The van der Waals surface area contributed by atoms with E-state index in [1.165, 1.54) is 52.3 Å². The van der Waals surface area contributed by atoms with Gasteiger partial charge in [0.05, 0.1) is 25.9 Å². The highest BCUT2D eigenvalue weighted by atomic mass is 79.9. The predicted octanol–water partition coefficient (Wildman–Crippen LogP) is 5.57. The number of aromatic nitrogens is 1. The second-order valence-corrected chi connectivity index (χ2v) is 9.99. The summed E-state index contributed by atoms with van der Waals surface area (Å²) in [6.45, 7) is 4.49. The van der Waals surface area contributed by atoms with Crippen molar-refractivity contribution in [2.45, 2.75) is 63.6 Å². The van der Waals surface area contributed by atoms with Crippen LogP contribution in [0.3, 0.4) is 0 Å². The quantitative estimate of drug-likeness (QED) is 0.264. The molecule has 0 radical (unpaired) electrons. The number of ether oxygens (including phenoxy) is 2. The number of amides is 1. The third-order valence-electron chi connectivity index (χ3n) is 5.52. The third-order valence-corrected chi connectivity index (χ3v) is 6.05. The van der Waals surface area contributed by atoms with E-state index in [2.05, 4.69) is 36.9 Å². The van der Waals surface area contributed by atoms with Gasteiger partial charge in [-0.15, -0.1) is 0 Å². The van der Waals surface area contributed by atoms with Crippen molar-refractivity contribution in [1.29, 1.82) is 0 Å². The Morgan fingerprint density at radius 3 is 2.22 bits per heavy atom. The minimum atomic E-state index is -4.71. The van der Waals surface area contributed by atoms with Crippen LogP contribution in [0.15, 0.2) is 40.9 Å². The zero-order valence-corrected chi connectivity index (χ0v) is 23.0. The van der Waals surface area contributed by atoms with E-state index in [0.717, 1.165) is 0 Å². The Morgan fingerprint density at radius 2 is 1.70 bits per heavy atom. The number of nitrogens with one attached hydrogen (secondary N) is 3. The second kappa shape index (κ2) is 13.3. The standard InChI is InChI=1S/C25H33BrF4N4O3/c1-6-17(14-31-18-11-12-20(36-4)34-23(18)37-5)32-22(35)19(13-24(2,3)27)33-21(25(28,29)30)15-7-9-16(26)10-8-15/h7-12,17,19,21,31,33H,6,13-14H2,1-5H3,(H,32,35)/t17-,19-,21-/m0/s1. The summed E-state index contributed by atoms with van der Waals surface area (Å²) >= 11 is 3.20. The van der Waals surface area contributed by atoms with Gasteiger partial charge in [0.2, 0.25) is 17.7 Å². The number of benzene rings is 1. The first-order valence-electron chi connectivity index (χ1n) is 11.7. The van der Waals surface area contributed by atoms with Crippen LogP contribution < -0.4 is 25.4 Å². The first kappa shape index (κ1) is 30.6. The van der Waals surface area contributed by atoms with E-state index in [1.54, 1.807) is 12.1 Å². The van der Waals surface area contributed by atoms with Crippen LogP contribution in [0.2, 0.25) is 0 Å². The number of hydrogen-bond donors (Lipinski definition) is 3. The van der Waals surface area contributed by atoms with Crippen molar-refractivity contribution >= 4 is 27.5 Å². The van der Waals surface area contributed by atoms with Gasteiger partial charge in [-0.3, -0.25) is 10.1 Å². The molecule has 0 bridgehead atoms. The smallest absolute Gasteiger partial charge is 0.407 e. The Kier molecular flexibility index (Phi) is 11.0. The summed E-state index contributed by atoms with van der Waals surface area (Å²) in [4.78, 5) is 17.3. The van der Waals surface area contributed by atoms with Gasteiger partial charge in [-0.2, -0.15) is 18.2 Å². The number of alkyl halides is 4. The number of anilines is 1. The molecular formula is C25H33BrF4N4O3. The minimum absolute atomic E-state index is 0.0852. The maximum absolute atomic E-state index is 14.6. The Hall–Kier alpha value is -2.60. The summed E-state index contributed by atoms with van der Waals surface area (Å²) < 4.78 is 67.5. The molecule has 0 saturated carbocycles.